The first-order valence-electron chi connectivity index (χ1n) is 6.98. The number of furan rings is 1. The predicted molar refractivity (Wildman–Crippen MR) is 73.8 cm³/mol. The van der Waals surface area contributed by atoms with Crippen LogP contribution in [0.1, 0.15) is 23.6 Å². The van der Waals surface area contributed by atoms with E-state index < -0.39 is 23.8 Å². The van der Waals surface area contributed by atoms with Gasteiger partial charge >= 0.3 is 0 Å². The minimum Gasteiger partial charge on any atom is -0.472 e. The molecule has 0 spiro atoms. The van der Waals surface area contributed by atoms with Crippen molar-refractivity contribution >= 4 is 5.91 Å². The van der Waals surface area contributed by atoms with Gasteiger partial charge in [-0.05, 0) is 35.7 Å². The van der Waals surface area contributed by atoms with E-state index in [1.165, 1.54) is 23.5 Å². The van der Waals surface area contributed by atoms with Crippen LogP contribution in [-0.4, -0.2) is 28.6 Å². The summed E-state index contributed by atoms with van der Waals surface area (Å²) in [6.07, 6.45) is 2.74. The number of nitrogens with zero attached hydrogens (tertiary/aromatic N) is 1. The summed E-state index contributed by atoms with van der Waals surface area (Å²) in [5, 5.41) is 9.85. The van der Waals surface area contributed by atoms with E-state index in [4.69, 9.17) is 4.42 Å². The van der Waals surface area contributed by atoms with Crippen molar-refractivity contribution in [1.82, 2.24) is 4.90 Å². The molecule has 1 aromatic heterocycles. The van der Waals surface area contributed by atoms with Crippen LogP contribution in [0.2, 0.25) is 0 Å². The van der Waals surface area contributed by atoms with Gasteiger partial charge in [0.1, 0.15) is 0 Å². The zero-order valence-corrected chi connectivity index (χ0v) is 11.7. The lowest BCUT2D eigenvalue weighted by atomic mass is 10.0. The average molecular weight is 307 g/mol. The van der Waals surface area contributed by atoms with Crippen LogP contribution in [0.5, 0.6) is 0 Å². The predicted octanol–water partition coefficient (Wildman–Crippen LogP) is 2.43. The van der Waals surface area contributed by atoms with Crippen molar-refractivity contribution in [2.75, 3.05) is 6.54 Å². The highest BCUT2D eigenvalue weighted by Gasteiger charge is 2.35. The maximum Gasteiger partial charge on any atom is 0.227 e. The van der Waals surface area contributed by atoms with Crippen LogP contribution in [0.25, 0.3) is 0 Å². The molecule has 1 aromatic carbocycles. The van der Waals surface area contributed by atoms with E-state index in [1.54, 1.807) is 6.07 Å². The van der Waals surface area contributed by atoms with E-state index >= 15 is 0 Å². The van der Waals surface area contributed by atoms with Gasteiger partial charge in [0, 0.05) is 6.54 Å². The van der Waals surface area contributed by atoms with Gasteiger partial charge in [-0.25, -0.2) is 8.78 Å². The molecular formula is C16H15F2NO3. The van der Waals surface area contributed by atoms with Gasteiger partial charge in [-0.1, -0.05) is 6.07 Å². The topological polar surface area (TPSA) is 53.7 Å². The Morgan fingerprint density at radius 2 is 2.14 bits per heavy atom. The molecule has 6 heteroatoms. The van der Waals surface area contributed by atoms with Gasteiger partial charge in [0.15, 0.2) is 11.6 Å². The summed E-state index contributed by atoms with van der Waals surface area (Å²) in [5.41, 5.74) is 1.21. The van der Waals surface area contributed by atoms with Crippen molar-refractivity contribution < 1.29 is 23.1 Å². The SMILES string of the molecule is O=C(Cc1ccoc1)N1CC(O)CC1c1ccc(F)c(F)c1. The van der Waals surface area contributed by atoms with Crippen molar-refractivity contribution in [1.29, 1.82) is 0 Å². The largest absolute Gasteiger partial charge is 0.472 e. The van der Waals surface area contributed by atoms with Gasteiger partial charge < -0.3 is 14.4 Å². The number of aliphatic hydroxyl groups excluding tert-OH is 1. The van der Waals surface area contributed by atoms with Crippen LogP contribution in [0.4, 0.5) is 8.78 Å². The maximum atomic E-state index is 13.4. The molecule has 2 aromatic rings. The number of hydrogen-bond acceptors (Lipinski definition) is 3. The molecule has 4 nitrogen and oxygen atoms in total. The highest BCUT2D eigenvalue weighted by Crippen LogP contribution is 2.33. The quantitative estimate of drug-likeness (QED) is 0.947. The minimum absolute atomic E-state index is 0.142. The maximum absolute atomic E-state index is 13.4. The number of β-amino-alcohol motifs (C(OH)–C–C–N with tert-alkyl or cyclic N) is 1. The van der Waals surface area contributed by atoms with Crippen LogP contribution in [0.3, 0.4) is 0 Å². The zero-order valence-electron chi connectivity index (χ0n) is 11.7. The molecule has 116 valence electrons. The number of hydrogen-bond donors (Lipinski definition) is 1. The fourth-order valence-electron chi connectivity index (χ4n) is 2.79. The van der Waals surface area contributed by atoms with E-state index in [9.17, 15) is 18.7 Å². The molecule has 1 saturated heterocycles. The lowest BCUT2D eigenvalue weighted by Gasteiger charge is -2.24. The van der Waals surface area contributed by atoms with E-state index in [0.29, 0.717) is 12.0 Å². The van der Waals surface area contributed by atoms with Crippen LogP contribution < -0.4 is 0 Å². The molecule has 0 bridgehead atoms. The molecule has 1 fully saturated rings. The second-order valence-electron chi connectivity index (χ2n) is 5.43. The van der Waals surface area contributed by atoms with Gasteiger partial charge in [-0.15, -0.1) is 0 Å². The lowest BCUT2D eigenvalue weighted by Crippen LogP contribution is -2.33. The van der Waals surface area contributed by atoms with Gasteiger partial charge in [0.25, 0.3) is 0 Å². The van der Waals surface area contributed by atoms with Gasteiger partial charge in [-0.2, -0.15) is 0 Å². The summed E-state index contributed by atoms with van der Waals surface area (Å²) in [4.78, 5) is 13.9. The van der Waals surface area contributed by atoms with E-state index in [2.05, 4.69) is 0 Å². The molecule has 1 aliphatic heterocycles. The van der Waals surface area contributed by atoms with Crippen molar-refractivity contribution in [3.05, 3.63) is 59.6 Å². The van der Waals surface area contributed by atoms with Crippen LogP contribution in [0, 0.1) is 11.6 Å². The van der Waals surface area contributed by atoms with E-state index in [0.717, 1.165) is 17.7 Å². The third kappa shape index (κ3) is 2.87. The Kier molecular flexibility index (Phi) is 3.94. The Hall–Kier alpha value is -2.21. The summed E-state index contributed by atoms with van der Waals surface area (Å²) in [6.45, 7) is 0.181. The van der Waals surface area contributed by atoms with Crippen LogP contribution in [0.15, 0.2) is 41.2 Å². The minimum atomic E-state index is -0.957. The van der Waals surface area contributed by atoms with Gasteiger partial charge in [0.05, 0.1) is 31.1 Å². The molecule has 1 N–H and O–H groups in total. The Balaban J connectivity index is 1.82. The number of carbonyl (C=O) groups excluding carboxylic acids is 1. The molecule has 0 saturated carbocycles. The highest BCUT2D eigenvalue weighted by atomic mass is 19.2. The first-order chi connectivity index (χ1) is 10.5. The molecule has 2 atom stereocenters. The molecule has 0 radical (unpaired) electrons. The van der Waals surface area contributed by atoms with E-state index in [-0.39, 0.29) is 18.9 Å². The molecular weight excluding hydrogens is 292 g/mol. The van der Waals surface area contributed by atoms with E-state index in [1.807, 2.05) is 0 Å². The third-order valence-electron chi connectivity index (χ3n) is 3.86. The summed E-state index contributed by atoms with van der Waals surface area (Å²) in [6, 6.07) is 4.80. The second-order valence-corrected chi connectivity index (χ2v) is 5.43. The molecule has 2 unspecified atom stereocenters. The second kappa shape index (κ2) is 5.88. The Morgan fingerprint density at radius 1 is 1.32 bits per heavy atom. The van der Waals surface area contributed by atoms with Gasteiger partial charge in [-0.3, -0.25) is 4.79 Å². The van der Waals surface area contributed by atoms with Crippen LogP contribution >= 0.6 is 0 Å². The normalized spacial score (nSPS) is 21.3. The van der Waals surface area contributed by atoms with Crippen molar-refractivity contribution in [3.63, 3.8) is 0 Å². The van der Waals surface area contributed by atoms with Crippen molar-refractivity contribution in [2.24, 2.45) is 0 Å². The summed E-state index contributed by atoms with van der Waals surface area (Å²) in [7, 11) is 0. The Morgan fingerprint density at radius 3 is 2.82 bits per heavy atom. The first kappa shape index (κ1) is 14.7. The smallest absolute Gasteiger partial charge is 0.227 e. The number of carbonyl (C=O) groups is 1. The number of amides is 1. The third-order valence-corrected chi connectivity index (χ3v) is 3.86. The highest BCUT2D eigenvalue weighted by molar-refractivity contribution is 5.79. The molecule has 3 rings (SSSR count). The number of rotatable bonds is 3. The number of aliphatic hydroxyl groups is 1. The monoisotopic (exact) mass is 307 g/mol. The summed E-state index contributed by atoms with van der Waals surface area (Å²) in [5.74, 6) is -2.08. The lowest BCUT2D eigenvalue weighted by molar-refractivity contribution is -0.131. The average Bonchev–Trinajstić information content (AvgIpc) is 3.11. The molecule has 1 aliphatic rings. The van der Waals surface area contributed by atoms with Gasteiger partial charge in [0.2, 0.25) is 5.91 Å². The number of likely N-dealkylation sites (tertiary alicyclic amines) is 1. The number of halogens is 2. The van der Waals surface area contributed by atoms with Crippen LogP contribution in [-0.2, 0) is 11.2 Å². The molecule has 22 heavy (non-hydrogen) atoms. The summed E-state index contributed by atoms with van der Waals surface area (Å²) < 4.78 is 31.4. The molecule has 0 aliphatic carbocycles. The molecule has 1 amide bonds. The fraction of sp³-hybridized carbons (Fsp3) is 0.312. The Labute approximate surface area is 126 Å². The van der Waals surface area contributed by atoms with Crippen molar-refractivity contribution in [2.45, 2.75) is 25.0 Å². The summed E-state index contributed by atoms with van der Waals surface area (Å²) >= 11 is 0. The Bertz CT molecular complexity index is 672. The molecule has 2 heterocycles. The zero-order chi connectivity index (χ0) is 15.7. The van der Waals surface area contributed by atoms with Crippen molar-refractivity contribution in [3.8, 4) is 0 Å². The first-order valence-corrected chi connectivity index (χ1v) is 6.98. The standard InChI is InChI=1S/C16H15F2NO3/c17-13-2-1-11(6-14(13)18)15-7-12(20)8-19(15)16(21)5-10-3-4-22-9-10/h1-4,6,9,12,15,20H,5,7-8H2. The fourth-order valence-corrected chi connectivity index (χ4v) is 2.79. The number of benzene rings is 1.